The van der Waals surface area contributed by atoms with Crippen molar-refractivity contribution in [3.63, 3.8) is 0 Å². The minimum Gasteiger partial charge on any atom is -0.497 e. The summed E-state index contributed by atoms with van der Waals surface area (Å²) in [4.78, 5) is 24.8. The summed E-state index contributed by atoms with van der Waals surface area (Å²) in [5, 5.41) is 5.79. The highest BCUT2D eigenvalue weighted by Gasteiger charge is 2.14. The molecule has 0 saturated heterocycles. The highest BCUT2D eigenvalue weighted by atomic mass is 16.5. The van der Waals surface area contributed by atoms with Crippen LogP contribution in [0.25, 0.3) is 0 Å². The van der Waals surface area contributed by atoms with Crippen molar-refractivity contribution in [3.8, 4) is 11.5 Å². The van der Waals surface area contributed by atoms with Gasteiger partial charge < -0.3 is 20.1 Å². The monoisotopic (exact) mass is 432 g/mol. The van der Waals surface area contributed by atoms with Crippen molar-refractivity contribution in [2.45, 2.75) is 26.8 Å². The molecule has 0 aliphatic rings. The molecule has 6 nitrogen and oxygen atoms in total. The minimum absolute atomic E-state index is 0.112. The van der Waals surface area contributed by atoms with Gasteiger partial charge in [0.15, 0.2) is 6.61 Å². The van der Waals surface area contributed by atoms with E-state index in [1.165, 1.54) is 0 Å². The Labute approximate surface area is 188 Å². The van der Waals surface area contributed by atoms with E-state index in [1.807, 2.05) is 20.8 Å². The number of anilines is 1. The zero-order valence-corrected chi connectivity index (χ0v) is 18.8. The molecule has 3 aromatic rings. The summed E-state index contributed by atoms with van der Waals surface area (Å²) in [7, 11) is 1.57. The lowest BCUT2D eigenvalue weighted by Crippen LogP contribution is -2.27. The van der Waals surface area contributed by atoms with E-state index in [0.717, 1.165) is 16.7 Å². The Hall–Kier alpha value is -3.80. The number of carbonyl (C=O) groups is 2. The zero-order chi connectivity index (χ0) is 23.1. The lowest BCUT2D eigenvalue weighted by molar-refractivity contribution is -0.118. The topological polar surface area (TPSA) is 76.7 Å². The molecule has 2 N–H and O–H groups in total. The maximum absolute atomic E-state index is 12.6. The summed E-state index contributed by atoms with van der Waals surface area (Å²) in [5.74, 6) is 0.706. The molecule has 0 aliphatic carbocycles. The molecule has 6 heteroatoms. The molecule has 3 aromatic carbocycles. The van der Waals surface area contributed by atoms with E-state index in [1.54, 1.807) is 55.6 Å². The number of benzene rings is 3. The van der Waals surface area contributed by atoms with Crippen LogP contribution in [0, 0.1) is 13.8 Å². The van der Waals surface area contributed by atoms with Gasteiger partial charge in [0.05, 0.1) is 13.2 Å². The van der Waals surface area contributed by atoms with E-state index in [0.29, 0.717) is 22.7 Å². The predicted octanol–water partition coefficient (Wildman–Crippen LogP) is 4.82. The zero-order valence-electron chi connectivity index (χ0n) is 18.8. The first-order valence-corrected chi connectivity index (χ1v) is 10.4. The molecule has 2 amide bonds. The van der Waals surface area contributed by atoms with Crippen molar-refractivity contribution < 1.29 is 19.1 Å². The number of hydrogen-bond acceptors (Lipinski definition) is 4. The Balaban J connectivity index is 1.53. The number of hydrogen-bond donors (Lipinski definition) is 2. The Kier molecular flexibility index (Phi) is 7.49. The van der Waals surface area contributed by atoms with Crippen molar-refractivity contribution in [3.05, 3.63) is 89.0 Å². The van der Waals surface area contributed by atoms with Gasteiger partial charge in [-0.3, -0.25) is 9.59 Å². The first-order chi connectivity index (χ1) is 15.4. The SMILES string of the molecule is COc1cccc(NC(=O)COc2ccc(C(=O)NC(C)c3cc(C)ccc3C)cc2)c1. The number of rotatable bonds is 8. The highest BCUT2D eigenvalue weighted by Crippen LogP contribution is 2.20. The van der Waals surface area contributed by atoms with Gasteiger partial charge >= 0.3 is 0 Å². The van der Waals surface area contributed by atoms with Gasteiger partial charge in [0.25, 0.3) is 11.8 Å². The Bertz CT molecular complexity index is 1090. The average molecular weight is 433 g/mol. The van der Waals surface area contributed by atoms with Gasteiger partial charge in [-0.2, -0.15) is 0 Å². The van der Waals surface area contributed by atoms with Crippen LogP contribution in [-0.4, -0.2) is 25.5 Å². The number of nitrogens with one attached hydrogen (secondary N) is 2. The molecule has 3 rings (SSSR count). The van der Waals surface area contributed by atoms with E-state index in [4.69, 9.17) is 9.47 Å². The largest absolute Gasteiger partial charge is 0.497 e. The molecule has 0 aliphatic heterocycles. The molecule has 1 unspecified atom stereocenters. The number of amides is 2. The molecule has 0 heterocycles. The highest BCUT2D eigenvalue weighted by molar-refractivity contribution is 5.94. The van der Waals surface area contributed by atoms with E-state index in [9.17, 15) is 9.59 Å². The van der Waals surface area contributed by atoms with Gasteiger partial charge in [0.1, 0.15) is 11.5 Å². The Morgan fingerprint density at radius 1 is 0.938 bits per heavy atom. The molecule has 0 aromatic heterocycles. The van der Waals surface area contributed by atoms with Crippen LogP contribution in [0.15, 0.2) is 66.7 Å². The summed E-state index contributed by atoms with van der Waals surface area (Å²) in [6.45, 7) is 5.89. The number of aryl methyl sites for hydroxylation is 2. The smallest absolute Gasteiger partial charge is 0.262 e. The van der Waals surface area contributed by atoms with Gasteiger partial charge in [-0.05, 0) is 68.3 Å². The van der Waals surface area contributed by atoms with Crippen LogP contribution in [0.5, 0.6) is 11.5 Å². The molecule has 0 saturated carbocycles. The van der Waals surface area contributed by atoms with E-state index >= 15 is 0 Å². The summed E-state index contributed by atoms with van der Waals surface area (Å²) in [6, 6.07) is 19.9. The van der Waals surface area contributed by atoms with E-state index in [2.05, 4.69) is 28.8 Å². The fourth-order valence-electron chi connectivity index (χ4n) is 3.33. The first kappa shape index (κ1) is 22.9. The first-order valence-electron chi connectivity index (χ1n) is 10.4. The van der Waals surface area contributed by atoms with Crippen LogP contribution in [0.1, 0.15) is 40.0 Å². The van der Waals surface area contributed by atoms with Crippen LogP contribution in [-0.2, 0) is 4.79 Å². The van der Waals surface area contributed by atoms with Crippen molar-refractivity contribution in [1.29, 1.82) is 0 Å². The quantitative estimate of drug-likeness (QED) is 0.535. The van der Waals surface area contributed by atoms with Gasteiger partial charge in [0, 0.05) is 17.3 Å². The fourth-order valence-corrected chi connectivity index (χ4v) is 3.33. The molecule has 0 radical (unpaired) electrons. The van der Waals surface area contributed by atoms with Crippen LogP contribution >= 0.6 is 0 Å². The summed E-state index contributed by atoms with van der Waals surface area (Å²) < 4.78 is 10.7. The average Bonchev–Trinajstić information content (AvgIpc) is 2.79. The van der Waals surface area contributed by atoms with Crippen molar-refractivity contribution in [2.75, 3.05) is 19.0 Å². The number of carbonyl (C=O) groups excluding carboxylic acids is 2. The van der Waals surface area contributed by atoms with Crippen LogP contribution in [0.2, 0.25) is 0 Å². The van der Waals surface area contributed by atoms with Crippen LogP contribution < -0.4 is 20.1 Å². The molecule has 1 atom stereocenters. The minimum atomic E-state index is -0.289. The lowest BCUT2D eigenvalue weighted by atomic mass is 10.00. The van der Waals surface area contributed by atoms with Crippen molar-refractivity contribution in [2.24, 2.45) is 0 Å². The normalized spacial score (nSPS) is 11.4. The van der Waals surface area contributed by atoms with Crippen LogP contribution in [0.3, 0.4) is 0 Å². The van der Waals surface area contributed by atoms with Crippen molar-refractivity contribution >= 4 is 17.5 Å². The van der Waals surface area contributed by atoms with E-state index < -0.39 is 0 Å². The second-order valence-electron chi connectivity index (χ2n) is 7.65. The number of methoxy groups -OCH3 is 1. The Morgan fingerprint density at radius 2 is 1.69 bits per heavy atom. The van der Waals surface area contributed by atoms with Gasteiger partial charge in [-0.25, -0.2) is 0 Å². The van der Waals surface area contributed by atoms with Gasteiger partial charge in [-0.15, -0.1) is 0 Å². The maximum atomic E-state index is 12.6. The van der Waals surface area contributed by atoms with Gasteiger partial charge in [-0.1, -0.05) is 29.8 Å². The third-order valence-electron chi connectivity index (χ3n) is 5.09. The lowest BCUT2D eigenvalue weighted by Gasteiger charge is -2.17. The van der Waals surface area contributed by atoms with E-state index in [-0.39, 0.29) is 24.5 Å². The molecular formula is C26H28N2O4. The standard InChI is InChI=1S/C26H28N2O4/c1-17-8-9-18(2)24(14-17)19(3)27-26(30)20-10-12-22(13-11-20)32-16-25(29)28-21-6-5-7-23(15-21)31-4/h5-15,19H,16H2,1-4H3,(H,27,30)(H,28,29). The third-order valence-corrected chi connectivity index (χ3v) is 5.09. The van der Waals surface area contributed by atoms with Crippen molar-refractivity contribution in [1.82, 2.24) is 5.32 Å². The summed E-state index contributed by atoms with van der Waals surface area (Å²) in [6.07, 6.45) is 0. The Morgan fingerprint density at radius 3 is 2.41 bits per heavy atom. The second-order valence-corrected chi connectivity index (χ2v) is 7.65. The second kappa shape index (κ2) is 10.5. The number of ether oxygens (including phenoxy) is 2. The molecule has 0 fully saturated rings. The van der Waals surface area contributed by atoms with Gasteiger partial charge in [0.2, 0.25) is 0 Å². The summed E-state index contributed by atoms with van der Waals surface area (Å²) >= 11 is 0. The maximum Gasteiger partial charge on any atom is 0.262 e. The molecule has 32 heavy (non-hydrogen) atoms. The predicted molar refractivity (Wildman–Crippen MR) is 125 cm³/mol. The third kappa shape index (κ3) is 6.11. The molecule has 166 valence electrons. The molecular weight excluding hydrogens is 404 g/mol. The molecule has 0 spiro atoms. The summed E-state index contributed by atoms with van der Waals surface area (Å²) in [5.41, 5.74) is 4.54. The molecule has 0 bridgehead atoms. The fraction of sp³-hybridized carbons (Fsp3) is 0.231. The van der Waals surface area contributed by atoms with Crippen LogP contribution in [0.4, 0.5) is 5.69 Å².